The minimum Gasteiger partial charge on any atom is -0.345 e. The van der Waals surface area contributed by atoms with Crippen LogP contribution in [0.4, 0.5) is 4.39 Å². The van der Waals surface area contributed by atoms with Crippen LogP contribution in [0.15, 0.2) is 0 Å². The van der Waals surface area contributed by atoms with E-state index in [9.17, 15) is 14.0 Å². The largest absolute Gasteiger partial charge is 0.345 e. The minimum absolute atomic E-state index is 0.0814. The average molecular weight is 190 g/mol. The fourth-order valence-electron chi connectivity index (χ4n) is 0.889. The SMILES string of the molecule is CCC1NC(=O)CNC1=O.CCF. The van der Waals surface area contributed by atoms with Crippen LogP contribution in [0.25, 0.3) is 0 Å². The first-order valence-corrected chi connectivity index (χ1v) is 4.28. The lowest BCUT2D eigenvalue weighted by Crippen LogP contribution is -2.55. The number of piperazine rings is 1. The normalized spacial score (nSPS) is 21.0. The Morgan fingerprint density at radius 2 is 2.00 bits per heavy atom. The van der Waals surface area contributed by atoms with Gasteiger partial charge in [-0.15, -0.1) is 0 Å². The number of carbonyl (C=O) groups is 2. The van der Waals surface area contributed by atoms with Crippen LogP contribution in [-0.4, -0.2) is 31.1 Å². The molecule has 0 aromatic rings. The van der Waals surface area contributed by atoms with Crippen molar-refractivity contribution in [3.63, 3.8) is 0 Å². The lowest BCUT2D eigenvalue weighted by molar-refractivity contribution is -0.133. The first-order chi connectivity index (χ1) is 6.15. The molecule has 76 valence electrons. The van der Waals surface area contributed by atoms with E-state index in [1.54, 1.807) is 0 Å². The number of hydrogen-bond donors (Lipinski definition) is 2. The van der Waals surface area contributed by atoms with Gasteiger partial charge in [0.2, 0.25) is 11.8 Å². The van der Waals surface area contributed by atoms with Crippen molar-refractivity contribution in [1.29, 1.82) is 0 Å². The zero-order valence-corrected chi connectivity index (χ0v) is 7.89. The Kier molecular flexibility index (Phi) is 5.84. The molecule has 1 fully saturated rings. The van der Waals surface area contributed by atoms with E-state index in [-0.39, 0.29) is 31.1 Å². The standard InChI is InChI=1S/C6H10N2O2.C2H5F/c1-2-4-6(10)7-3-5(9)8-4;1-2-3/h4H,2-3H2,1H3,(H,7,10)(H,8,9);2H2,1H3. The maximum Gasteiger partial charge on any atom is 0.243 e. The summed E-state index contributed by atoms with van der Waals surface area (Å²) in [6.45, 7) is 3.19. The van der Waals surface area contributed by atoms with Crippen molar-refractivity contribution in [3.05, 3.63) is 0 Å². The summed E-state index contributed by atoms with van der Waals surface area (Å²) in [5.41, 5.74) is 0. The maximum absolute atomic E-state index is 10.8. The fourth-order valence-corrected chi connectivity index (χ4v) is 0.889. The van der Waals surface area contributed by atoms with Crippen molar-refractivity contribution in [2.75, 3.05) is 13.2 Å². The van der Waals surface area contributed by atoms with Crippen molar-refractivity contribution in [2.24, 2.45) is 0 Å². The third kappa shape index (κ3) is 4.45. The second kappa shape index (κ2) is 6.39. The molecule has 0 radical (unpaired) electrons. The molecule has 1 atom stereocenters. The van der Waals surface area contributed by atoms with Gasteiger partial charge in [-0.3, -0.25) is 14.0 Å². The molecule has 0 bridgehead atoms. The molecule has 1 aliphatic rings. The van der Waals surface area contributed by atoms with Crippen LogP contribution in [0, 0.1) is 0 Å². The Bertz CT molecular complexity index is 185. The first kappa shape index (κ1) is 11.9. The number of rotatable bonds is 1. The summed E-state index contributed by atoms with van der Waals surface area (Å²) in [4.78, 5) is 21.5. The second-order valence-electron chi connectivity index (χ2n) is 2.51. The highest BCUT2D eigenvalue weighted by Crippen LogP contribution is 1.93. The van der Waals surface area contributed by atoms with Crippen LogP contribution in [-0.2, 0) is 9.59 Å². The lowest BCUT2D eigenvalue weighted by Gasteiger charge is -2.21. The molecule has 1 unspecified atom stereocenters. The van der Waals surface area contributed by atoms with Gasteiger partial charge in [-0.1, -0.05) is 6.92 Å². The van der Waals surface area contributed by atoms with Gasteiger partial charge in [-0.25, -0.2) is 0 Å². The van der Waals surface area contributed by atoms with E-state index in [2.05, 4.69) is 10.6 Å². The number of nitrogens with one attached hydrogen (secondary N) is 2. The molecule has 0 aromatic heterocycles. The third-order valence-corrected chi connectivity index (χ3v) is 1.48. The van der Waals surface area contributed by atoms with Gasteiger partial charge in [-0.05, 0) is 13.3 Å². The molecule has 0 aliphatic carbocycles. The van der Waals surface area contributed by atoms with Gasteiger partial charge >= 0.3 is 0 Å². The molecule has 13 heavy (non-hydrogen) atoms. The molecular formula is C8H15FN2O2. The molecule has 2 N–H and O–H groups in total. The topological polar surface area (TPSA) is 58.2 Å². The van der Waals surface area contributed by atoms with E-state index in [1.807, 2.05) is 6.92 Å². The van der Waals surface area contributed by atoms with E-state index < -0.39 is 0 Å². The molecule has 2 amide bonds. The molecule has 1 rings (SSSR count). The van der Waals surface area contributed by atoms with E-state index in [4.69, 9.17) is 0 Å². The molecule has 5 heteroatoms. The Balaban J connectivity index is 0.000000424. The van der Waals surface area contributed by atoms with E-state index in [0.29, 0.717) is 6.42 Å². The highest BCUT2D eigenvalue weighted by Gasteiger charge is 2.23. The second-order valence-corrected chi connectivity index (χ2v) is 2.51. The van der Waals surface area contributed by atoms with Crippen LogP contribution in [0.2, 0.25) is 0 Å². The lowest BCUT2D eigenvalue weighted by atomic mass is 10.2. The molecule has 0 spiro atoms. The van der Waals surface area contributed by atoms with Crippen LogP contribution in [0.1, 0.15) is 20.3 Å². The third-order valence-electron chi connectivity index (χ3n) is 1.48. The summed E-state index contributed by atoms with van der Waals surface area (Å²) in [5.74, 6) is -0.187. The van der Waals surface area contributed by atoms with Gasteiger partial charge in [0.15, 0.2) is 0 Å². The Morgan fingerprint density at radius 3 is 2.38 bits per heavy atom. The number of amides is 2. The summed E-state index contributed by atoms with van der Waals surface area (Å²) < 4.78 is 10.3. The quantitative estimate of drug-likeness (QED) is 0.611. The molecule has 4 nitrogen and oxygen atoms in total. The smallest absolute Gasteiger partial charge is 0.243 e. The molecular weight excluding hydrogens is 175 g/mol. The van der Waals surface area contributed by atoms with Gasteiger partial charge in [0.05, 0.1) is 13.2 Å². The van der Waals surface area contributed by atoms with Crippen molar-refractivity contribution in [1.82, 2.24) is 10.6 Å². The Labute approximate surface area is 76.9 Å². The van der Waals surface area contributed by atoms with Crippen molar-refractivity contribution in [2.45, 2.75) is 26.3 Å². The summed E-state index contributed by atoms with van der Waals surface area (Å²) >= 11 is 0. The monoisotopic (exact) mass is 190 g/mol. The van der Waals surface area contributed by atoms with Gasteiger partial charge in [0.1, 0.15) is 6.04 Å². The molecule has 0 aromatic carbocycles. The van der Waals surface area contributed by atoms with Crippen LogP contribution in [0.3, 0.4) is 0 Å². The van der Waals surface area contributed by atoms with Crippen molar-refractivity contribution < 1.29 is 14.0 Å². The summed E-state index contributed by atoms with van der Waals surface area (Å²) in [7, 11) is 0. The van der Waals surface area contributed by atoms with Crippen LogP contribution in [0.5, 0.6) is 0 Å². The Hall–Kier alpha value is -1.13. The molecule has 1 aliphatic heterocycles. The van der Waals surface area contributed by atoms with E-state index in [0.717, 1.165) is 0 Å². The maximum atomic E-state index is 10.8. The van der Waals surface area contributed by atoms with Gasteiger partial charge in [-0.2, -0.15) is 0 Å². The number of carbonyl (C=O) groups excluding carboxylic acids is 2. The summed E-state index contributed by atoms with van der Waals surface area (Å²) in [5, 5.41) is 5.05. The molecule has 1 heterocycles. The van der Waals surface area contributed by atoms with Crippen LogP contribution < -0.4 is 10.6 Å². The zero-order chi connectivity index (χ0) is 10.3. The highest BCUT2D eigenvalue weighted by molar-refractivity contribution is 5.94. The first-order valence-electron chi connectivity index (χ1n) is 4.28. The average Bonchev–Trinajstić information content (AvgIpc) is 2.10. The van der Waals surface area contributed by atoms with Crippen LogP contribution >= 0.6 is 0 Å². The molecule has 0 saturated carbocycles. The number of halogens is 1. The van der Waals surface area contributed by atoms with Crippen molar-refractivity contribution >= 4 is 11.8 Å². The van der Waals surface area contributed by atoms with E-state index >= 15 is 0 Å². The van der Waals surface area contributed by atoms with Crippen molar-refractivity contribution in [3.8, 4) is 0 Å². The van der Waals surface area contributed by atoms with Gasteiger partial charge < -0.3 is 10.6 Å². The highest BCUT2D eigenvalue weighted by atomic mass is 19.1. The van der Waals surface area contributed by atoms with E-state index in [1.165, 1.54) is 6.92 Å². The minimum atomic E-state index is -0.318. The Morgan fingerprint density at radius 1 is 1.46 bits per heavy atom. The fraction of sp³-hybridized carbons (Fsp3) is 0.750. The summed E-state index contributed by atoms with van der Waals surface area (Å²) in [6.07, 6.45) is 0.650. The van der Waals surface area contributed by atoms with Gasteiger partial charge in [0, 0.05) is 0 Å². The molecule has 1 saturated heterocycles. The summed E-state index contributed by atoms with van der Waals surface area (Å²) in [6, 6.07) is -0.318. The number of hydrogen-bond acceptors (Lipinski definition) is 2. The predicted octanol–water partition coefficient (Wildman–Crippen LogP) is -0.0132. The predicted molar refractivity (Wildman–Crippen MR) is 46.9 cm³/mol. The zero-order valence-electron chi connectivity index (χ0n) is 7.89. The number of alkyl halides is 1. The van der Waals surface area contributed by atoms with Gasteiger partial charge in [0.25, 0.3) is 0 Å².